The Kier molecular flexibility index (Phi) is 4.71. The molecule has 0 radical (unpaired) electrons. The van der Waals surface area contributed by atoms with Crippen molar-refractivity contribution >= 4 is 24.0 Å². The lowest BCUT2D eigenvalue weighted by molar-refractivity contribution is 0.324. The summed E-state index contributed by atoms with van der Waals surface area (Å²) in [5, 5.41) is 8.45. The fraction of sp³-hybridized carbons (Fsp3) is 0.500. The molecule has 1 aromatic carbocycles. The second-order valence-corrected chi connectivity index (χ2v) is 6.51. The fourth-order valence-electron chi connectivity index (χ4n) is 3.63. The van der Waals surface area contributed by atoms with Gasteiger partial charge in [-0.25, -0.2) is 0 Å². The molecule has 1 aliphatic heterocycles. The van der Waals surface area contributed by atoms with Crippen LogP contribution in [0.25, 0.3) is 11.4 Å². The van der Waals surface area contributed by atoms with Crippen LogP contribution in [0.5, 0.6) is 0 Å². The number of hydrogen-bond donors (Lipinski definition) is 1. The average molecular weight is 340 g/mol. The third kappa shape index (κ3) is 3.00. The van der Waals surface area contributed by atoms with E-state index in [4.69, 9.17) is 16.1 Å². The van der Waals surface area contributed by atoms with E-state index in [0.717, 1.165) is 17.9 Å². The normalized spacial score (nSPS) is 27.2. The van der Waals surface area contributed by atoms with Gasteiger partial charge in [-0.05, 0) is 37.3 Å². The van der Waals surface area contributed by atoms with Gasteiger partial charge in [0.05, 0.1) is 6.04 Å². The molecular formula is C16H19Cl2N3O. The predicted molar refractivity (Wildman–Crippen MR) is 88.2 cm³/mol. The molecule has 118 valence electrons. The molecule has 6 heteroatoms. The molecule has 3 unspecified atom stereocenters. The van der Waals surface area contributed by atoms with Gasteiger partial charge in [-0.3, -0.25) is 0 Å². The topological polar surface area (TPSA) is 51.0 Å². The highest BCUT2D eigenvalue weighted by Gasteiger charge is 2.38. The minimum atomic E-state index is 0. The van der Waals surface area contributed by atoms with Crippen molar-refractivity contribution in [2.45, 2.75) is 44.2 Å². The summed E-state index contributed by atoms with van der Waals surface area (Å²) in [6, 6.07) is 8.38. The van der Waals surface area contributed by atoms with Crippen LogP contribution in [0.3, 0.4) is 0 Å². The van der Waals surface area contributed by atoms with Crippen LogP contribution in [0, 0.1) is 5.92 Å². The molecule has 1 N–H and O–H groups in total. The number of halogens is 2. The summed E-state index contributed by atoms with van der Waals surface area (Å²) in [6.07, 6.45) is 6.40. The molecule has 22 heavy (non-hydrogen) atoms. The van der Waals surface area contributed by atoms with E-state index >= 15 is 0 Å². The highest BCUT2D eigenvalue weighted by molar-refractivity contribution is 6.30. The van der Waals surface area contributed by atoms with Crippen LogP contribution in [0.1, 0.15) is 44.0 Å². The Morgan fingerprint density at radius 1 is 1.23 bits per heavy atom. The summed E-state index contributed by atoms with van der Waals surface area (Å²) in [5.41, 5.74) is 0.896. The van der Waals surface area contributed by atoms with Crippen molar-refractivity contribution in [1.29, 1.82) is 0 Å². The Balaban J connectivity index is 0.00000144. The van der Waals surface area contributed by atoms with Gasteiger partial charge in [0.1, 0.15) is 0 Å². The Labute approximate surface area is 141 Å². The summed E-state index contributed by atoms with van der Waals surface area (Å²) in [7, 11) is 0. The lowest BCUT2D eigenvalue weighted by atomic mass is 9.85. The molecule has 1 saturated carbocycles. The van der Waals surface area contributed by atoms with Gasteiger partial charge >= 0.3 is 0 Å². The van der Waals surface area contributed by atoms with Crippen molar-refractivity contribution in [3.05, 3.63) is 35.2 Å². The molecule has 2 aromatic rings. The summed E-state index contributed by atoms with van der Waals surface area (Å²) in [5.74, 6) is 2.09. The monoisotopic (exact) mass is 339 g/mol. The van der Waals surface area contributed by atoms with Crippen LogP contribution in [-0.4, -0.2) is 16.2 Å². The largest absolute Gasteiger partial charge is 0.337 e. The van der Waals surface area contributed by atoms with Gasteiger partial charge in [0, 0.05) is 16.6 Å². The molecule has 4 rings (SSSR count). The maximum Gasteiger partial charge on any atom is 0.244 e. The fourth-order valence-corrected chi connectivity index (χ4v) is 3.82. The zero-order chi connectivity index (χ0) is 14.2. The van der Waals surface area contributed by atoms with Gasteiger partial charge < -0.3 is 9.84 Å². The van der Waals surface area contributed by atoms with Gasteiger partial charge in [-0.2, -0.15) is 4.98 Å². The third-order valence-corrected chi connectivity index (χ3v) is 4.92. The van der Waals surface area contributed by atoms with Crippen LogP contribution in [0.2, 0.25) is 5.02 Å². The molecule has 1 saturated heterocycles. The third-order valence-electron chi connectivity index (χ3n) is 4.69. The Hall–Kier alpha value is -1.10. The van der Waals surface area contributed by atoms with Crippen LogP contribution in [0.4, 0.5) is 0 Å². The summed E-state index contributed by atoms with van der Waals surface area (Å²) >= 11 is 6.01. The summed E-state index contributed by atoms with van der Waals surface area (Å²) in [4.78, 5) is 4.56. The SMILES string of the molecule is Cl.Clc1cccc(-c2noc(C3CC4CCCCC4N3)n2)c1. The average Bonchev–Trinajstić information content (AvgIpc) is 3.14. The van der Waals surface area contributed by atoms with Gasteiger partial charge in [-0.1, -0.05) is 41.7 Å². The quantitative estimate of drug-likeness (QED) is 0.880. The van der Waals surface area contributed by atoms with E-state index in [9.17, 15) is 0 Å². The van der Waals surface area contributed by atoms with Gasteiger partial charge in [0.2, 0.25) is 11.7 Å². The standard InChI is InChI=1S/C16H18ClN3O.ClH/c17-12-6-3-5-11(8-12)15-19-16(21-20-15)14-9-10-4-1-2-7-13(10)18-14;/h3,5-6,8,10,13-14,18H,1-2,4,7,9H2;1H. The zero-order valence-electron chi connectivity index (χ0n) is 12.2. The molecule has 2 aliphatic rings. The first-order chi connectivity index (χ1) is 10.3. The van der Waals surface area contributed by atoms with Gasteiger partial charge in [0.15, 0.2) is 0 Å². The number of aromatic nitrogens is 2. The number of fused-ring (bicyclic) bond motifs is 1. The maximum atomic E-state index is 6.01. The first-order valence-corrected chi connectivity index (χ1v) is 8.03. The number of nitrogens with zero attached hydrogens (tertiary/aromatic N) is 2. The lowest BCUT2D eigenvalue weighted by Gasteiger charge is -2.24. The molecule has 2 fully saturated rings. The van der Waals surface area contributed by atoms with Gasteiger partial charge in [0.25, 0.3) is 0 Å². The molecule has 0 spiro atoms. The molecule has 1 aliphatic carbocycles. The lowest BCUT2D eigenvalue weighted by Crippen LogP contribution is -2.30. The van der Waals surface area contributed by atoms with E-state index in [-0.39, 0.29) is 18.4 Å². The highest BCUT2D eigenvalue weighted by Crippen LogP contribution is 2.38. The molecule has 1 aromatic heterocycles. The smallest absolute Gasteiger partial charge is 0.244 e. The maximum absolute atomic E-state index is 6.01. The molecule has 0 amide bonds. The minimum absolute atomic E-state index is 0. The zero-order valence-corrected chi connectivity index (χ0v) is 13.7. The van der Waals surface area contributed by atoms with E-state index in [1.165, 1.54) is 25.7 Å². The number of nitrogens with one attached hydrogen (secondary N) is 1. The van der Waals surface area contributed by atoms with Crippen molar-refractivity contribution in [1.82, 2.24) is 15.5 Å². The minimum Gasteiger partial charge on any atom is -0.337 e. The predicted octanol–water partition coefficient (Wildman–Crippen LogP) is 4.41. The number of rotatable bonds is 2. The van der Waals surface area contributed by atoms with Crippen LogP contribution in [-0.2, 0) is 0 Å². The second-order valence-electron chi connectivity index (χ2n) is 6.07. The van der Waals surface area contributed by atoms with E-state index in [0.29, 0.717) is 22.8 Å². The van der Waals surface area contributed by atoms with E-state index < -0.39 is 0 Å². The summed E-state index contributed by atoms with van der Waals surface area (Å²) in [6.45, 7) is 0. The van der Waals surface area contributed by atoms with Crippen molar-refractivity contribution in [3.8, 4) is 11.4 Å². The number of benzene rings is 1. The highest BCUT2D eigenvalue weighted by atomic mass is 35.5. The molecule has 3 atom stereocenters. The first-order valence-electron chi connectivity index (χ1n) is 7.65. The molecule has 4 nitrogen and oxygen atoms in total. The Bertz CT molecular complexity index is 632. The number of hydrogen-bond acceptors (Lipinski definition) is 4. The van der Waals surface area contributed by atoms with E-state index in [1.54, 1.807) is 0 Å². The van der Waals surface area contributed by atoms with Crippen molar-refractivity contribution < 1.29 is 4.52 Å². The van der Waals surface area contributed by atoms with Crippen LogP contribution >= 0.6 is 24.0 Å². The molecular weight excluding hydrogens is 321 g/mol. The second kappa shape index (κ2) is 6.57. The van der Waals surface area contributed by atoms with Crippen LogP contribution in [0.15, 0.2) is 28.8 Å². The molecule has 2 heterocycles. The molecule has 0 bridgehead atoms. The Morgan fingerprint density at radius 2 is 2.09 bits per heavy atom. The van der Waals surface area contributed by atoms with Crippen molar-refractivity contribution in [3.63, 3.8) is 0 Å². The summed E-state index contributed by atoms with van der Waals surface area (Å²) < 4.78 is 5.48. The van der Waals surface area contributed by atoms with Gasteiger partial charge in [-0.15, -0.1) is 12.4 Å². The van der Waals surface area contributed by atoms with Crippen LogP contribution < -0.4 is 5.32 Å². The Morgan fingerprint density at radius 3 is 2.91 bits per heavy atom. The van der Waals surface area contributed by atoms with E-state index in [1.807, 2.05) is 24.3 Å². The van der Waals surface area contributed by atoms with Crippen molar-refractivity contribution in [2.24, 2.45) is 5.92 Å². The first kappa shape index (κ1) is 15.8. The van der Waals surface area contributed by atoms with Crippen molar-refractivity contribution in [2.75, 3.05) is 0 Å². The van der Waals surface area contributed by atoms with E-state index in [2.05, 4.69) is 15.5 Å².